The van der Waals surface area contributed by atoms with Gasteiger partial charge in [-0.05, 0) is 62.8 Å². The van der Waals surface area contributed by atoms with Crippen LogP contribution in [0, 0.1) is 5.41 Å². The largest absolute Gasteiger partial charge is 0.369 e. The lowest BCUT2D eigenvalue weighted by Crippen LogP contribution is -2.58. The molecule has 0 aromatic heterocycles. The first-order chi connectivity index (χ1) is 14.7. The second kappa shape index (κ2) is 7.81. The molecule has 1 aromatic carbocycles. The molecular weight excluding hydrogens is 416 g/mol. The van der Waals surface area contributed by atoms with Crippen LogP contribution in [0.3, 0.4) is 0 Å². The van der Waals surface area contributed by atoms with E-state index in [1.807, 2.05) is 11.8 Å². The minimum atomic E-state index is -3.97. The van der Waals surface area contributed by atoms with Crippen molar-refractivity contribution in [2.24, 2.45) is 26.9 Å². The molecule has 31 heavy (non-hydrogen) atoms. The Bertz CT molecular complexity index is 1020. The van der Waals surface area contributed by atoms with Crippen molar-refractivity contribution in [3.8, 4) is 0 Å². The first-order valence-corrected chi connectivity index (χ1v) is 12.3. The maximum Gasteiger partial charge on any atom is 0.264 e. The van der Waals surface area contributed by atoms with Crippen LogP contribution in [-0.4, -0.2) is 31.9 Å². The van der Waals surface area contributed by atoms with E-state index in [2.05, 4.69) is 14.7 Å². The van der Waals surface area contributed by atoms with Crippen LogP contribution in [-0.2, 0) is 14.8 Å². The van der Waals surface area contributed by atoms with Crippen LogP contribution in [0.25, 0.3) is 0 Å². The van der Waals surface area contributed by atoms with Gasteiger partial charge in [0, 0.05) is 11.1 Å². The Morgan fingerprint density at radius 3 is 2.19 bits per heavy atom. The van der Waals surface area contributed by atoms with Crippen molar-refractivity contribution in [3.05, 3.63) is 24.3 Å². The molecule has 4 rings (SSSR count). The number of amides is 1. The molecule has 10 heteroatoms. The minimum absolute atomic E-state index is 0.0272. The van der Waals surface area contributed by atoms with Gasteiger partial charge >= 0.3 is 0 Å². The standard InChI is InChI=1S/C21H30N6O3S/c1-20(11-5-6-12-20)17(28)26-31(29,30)16-9-7-15(8-10-16)27-19(23)24-18(22)25-21(27)13-3-2-4-14-21/h7-10H,2-6,11-14H2,1H3,(H,26,28)(H4,22,23,24,25). The van der Waals surface area contributed by atoms with Gasteiger partial charge in [-0.25, -0.2) is 18.1 Å². The van der Waals surface area contributed by atoms with Crippen LogP contribution in [0.1, 0.15) is 64.7 Å². The number of anilines is 1. The molecule has 0 atom stereocenters. The Morgan fingerprint density at radius 2 is 1.58 bits per heavy atom. The molecule has 1 aromatic rings. The summed E-state index contributed by atoms with van der Waals surface area (Å²) in [6, 6.07) is 6.30. The average Bonchev–Trinajstić information content (AvgIpc) is 3.16. The second-order valence-corrected chi connectivity index (χ2v) is 10.7. The quantitative estimate of drug-likeness (QED) is 0.647. The lowest BCUT2D eigenvalue weighted by Gasteiger charge is -2.45. The summed E-state index contributed by atoms with van der Waals surface area (Å²) in [6.07, 6.45) is 7.97. The van der Waals surface area contributed by atoms with E-state index >= 15 is 0 Å². The average molecular weight is 447 g/mol. The summed E-state index contributed by atoms with van der Waals surface area (Å²) >= 11 is 0. The maximum absolute atomic E-state index is 12.8. The molecule has 5 N–H and O–H groups in total. The number of aliphatic imine (C=N–C) groups is 2. The van der Waals surface area contributed by atoms with Gasteiger partial charge in [0.25, 0.3) is 10.0 Å². The van der Waals surface area contributed by atoms with E-state index in [0.717, 1.165) is 44.9 Å². The number of nitrogens with two attached hydrogens (primary N) is 2. The zero-order valence-electron chi connectivity index (χ0n) is 17.8. The van der Waals surface area contributed by atoms with Crippen molar-refractivity contribution in [2.45, 2.75) is 75.3 Å². The fourth-order valence-corrected chi connectivity index (χ4v) is 6.06. The molecule has 1 amide bonds. The molecule has 2 saturated carbocycles. The molecule has 2 aliphatic carbocycles. The Balaban J connectivity index is 1.58. The van der Waals surface area contributed by atoms with Gasteiger partial charge in [-0.2, -0.15) is 4.99 Å². The first-order valence-electron chi connectivity index (χ1n) is 10.8. The summed E-state index contributed by atoms with van der Waals surface area (Å²) in [6.45, 7) is 1.82. The fraction of sp³-hybridized carbons (Fsp3) is 0.571. The number of nitrogens with one attached hydrogen (secondary N) is 1. The number of carbonyl (C=O) groups is 1. The third-order valence-electron chi connectivity index (χ3n) is 6.74. The minimum Gasteiger partial charge on any atom is -0.369 e. The molecule has 0 saturated heterocycles. The number of guanidine groups is 2. The van der Waals surface area contributed by atoms with Gasteiger partial charge in [-0.3, -0.25) is 9.69 Å². The van der Waals surface area contributed by atoms with E-state index in [9.17, 15) is 13.2 Å². The first kappa shape index (κ1) is 21.6. The highest BCUT2D eigenvalue weighted by Gasteiger charge is 2.43. The number of hydrogen-bond acceptors (Lipinski definition) is 8. The molecule has 0 bridgehead atoms. The van der Waals surface area contributed by atoms with E-state index in [4.69, 9.17) is 11.5 Å². The summed E-state index contributed by atoms with van der Waals surface area (Å²) in [5, 5.41) is 0. The molecule has 0 radical (unpaired) electrons. The van der Waals surface area contributed by atoms with Crippen LogP contribution < -0.4 is 21.1 Å². The SMILES string of the molecule is CC1(C(=O)NS(=O)(=O)c2ccc(N3C(N)=NC(N)=NC34CCCCC4)cc2)CCCC1. The van der Waals surface area contributed by atoms with Gasteiger partial charge in [0.1, 0.15) is 5.66 Å². The van der Waals surface area contributed by atoms with E-state index in [1.165, 1.54) is 12.1 Å². The Labute approximate surface area is 183 Å². The Hall–Kier alpha value is -2.62. The van der Waals surface area contributed by atoms with Crippen LogP contribution >= 0.6 is 0 Å². The highest BCUT2D eigenvalue weighted by atomic mass is 32.2. The maximum atomic E-state index is 12.8. The molecule has 1 heterocycles. The predicted molar refractivity (Wildman–Crippen MR) is 120 cm³/mol. The van der Waals surface area contributed by atoms with E-state index < -0.39 is 27.0 Å². The summed E-state index contributed by atoms with van der Waals surface area (Å²) in [5.74, 6) is -0.0297. The third kappa shape index (κ3) is 4.00. The topological polar surface area (TPSA) is 143 Å². The van der Waals surface area contributed by atoms with Crippen molar-refractivity contribution in [1.29, 1.82) is 0 Å². The van der Waals surface area contributed by atoms with E-state index in [1.54, 1.807) is 12.1 Å². The normalized spacial score (nSPS) is 22.7. The molecule has 9 nitrogen and oxygen atoms in total. The number of nitrogens with zero attached hydrogens (tertiary/aromatic N) is 3. The summed E-state index contributed by atoms with van der Waals surface area (Å²) < 4.78 is 27.9. The summed E-state index contributed by atoms with van der Waals surface area (Å²) in [7, 11) is -3.97. The van der Waals surface area contributed by atoms with Gasteiger partial charge in [0.2, 0.25) is 17.8 Å². The van der Waals surface area contributed by atoms with E-state index in [-0.39, 0.29) is 16.8 Å². The van der Waals surface area contributed by atoms with Crippen molar-refractivity contribution in [1.82, 2.24) is 4.72 Å². The van der Waals surface area contributed by atoms with Gasteiger partial charge in [-0.1, -0.05) is 26.2 Å². The van der Waals surface area contributed by atoms with Gasteiger partial charge in [-0.15, -0.1) is 0 Å². The Kier molecular flexibility index (Phi) is 5.45. The molecule has 0 unspecified atom stereocenters. The lowest BCUT2D eigenvalue weighted by molar-refractivity contribution is -0.127. The molecular formula is C21H30N6O3S. The van der Waals surface area contributed by atoms with Crippen molar-refractivity contribution < 1.29 is 13.2 Å². The zero-order valence-corrected chi connectivity index (χ0v) is 18.6. The molecule has 3 aliphatic rings. The van der Waals surface area contributed by atoms with Crippen molar-refractivity contribution >= 4 is 33.5 Å². The van der Waals surface area contributed by atoms with Gasteiger partial charge in [0.05, 0.1) is 4.90 Å². The molecule has 168 valence electrons. The number of carbonyl (C=O) groups excluding carboxylic acids is 1. The summed E-state index contributed by atoms with van der Waals surface area (Å²) in [4.78, 5) is 23.2. The van der Waals surface area contributed by atoms with Gasteiger partial charge < -0.3 is 11.5 Å². The lowest BCUT2D eigenvalue weighted by atomic mass is 9.87. The van der Waals surface area contributed by atoms with E-state index in [0.29, 0.717) is 18.5 Å². The zero-order chi connectivity index (χ0) is 22.3. The van der Waals surface area contributed by atoms with Gasteiger partial charge in [0.15, 0.2) is 0 Å². The van der Waals surface area contributed by atoms with Crippen molar-refractivity contribution in [2.75, 3.05) is 4.90 Å². The molecule has 2 fully saturated rings. The highest BCUT2D eigenvalue weighted by Crippen LogP contribution is 2.40. The van der Waals surface area contributed by atoms with Crippen molar-refractivity contribution in [3.63, 3.8) is 0 Å². The predicted octanol–water partition coefficient (Wildman–Crippen LogP) is 2.18. The summed E-state index contributed by atoms with van der Waals surface area (Å²) in [5.41, 5.74) is 11.6. The number of hydrogen-bond donors (Lipinski definition) is 3. The highest BCUT2D eigenvalue weighted by molar-refractivity contribution is 7.90. The van der Waals surface area contributed by atoms with Crippen LogP contribution in [0.5, 0.6) is 0 Å². The monoisotopic (exact) mass is 446 g/mol. The third-order valence-corrected chi connectivity index (χ3v) is 8.09. The van der Waals surface area contributed by atoms with Crippen LogP contribution in [0.4, 0.5) is 5.69 Å². The number of benzene rings is 1. The second-order valence-electron chi connectivity index (χ2n) is 9.01. The number of rotatable bonds is 4. The van der Waals surface area contributed by atoms with Crippen LogP contribution in [0.2, 0.25) is 0 Å². The number of sulfonamides is 1. The Morgan fingerprint density at radius 1 is 1.00 bits per heavy atom. The fourth-order valence-electron chi connectivity index (χ4n) is 4.96. The molecule has 1 aliphatic heterocycles. The molecule has 1 spiro atoms. The van der Waals surface area contributed by atoms with Crippen LogP contribution in [0.15, 0.2) is 39.1 Å². The smallest absolute Gasteiger partial charge is 0.264 e.